The Balaban J connectivity index is 1.84. The summed E-state index contributed by atoms with van der Waals surface area (Å²) in [6.07, 6.45) is 0. The molecule has 0 saturated carbocycles. The lowest BCUT2D eigenvalue weighted by Crippen LogP contribution is -2.15. The first-order valence-electron chi connectivity index (χ1n) is 8.89. The standard InChI is InChI=1S/C21H19N3O3S2/c1-13-21(14(2)23-22-13)29(26,27)24-18-12-19(28-15-8-4-3-5-9-15)20(25)17-11-7-6-10-16(17)18/h3-12,24-25H,1-2H3,(H,22,23). The smallest absolute Gasteiger partial charge is 0.265 e. The highest BCUT2D eigenvalue weighted by atomic mass is 32.2. The van der Waals surface area contributed by atoms with Gasteiger partial charge in [0.05, 0.1) is 22.0 Å². The number of H-pyrrole nitrogens is 1. The Hall–Kier alpha value is -2.97. The lowest BCUT2D eigenvalue weighted by Gasteiger charge is -2.15. The van der Waals surface area contributed by atoms with Crippen LogP contribution in [0.25, 0.3) is 10.8 Å². The largest absolute Gasteiger partial charge is 0.506 e. The molecule has 0 aliphatic rings. The van der Waals surface area contributed by atoms with Gasteiger partial charge in [-0.2, -0.15) is 5.10 Å². The van der Waals surface area contributed by atoms with E-state index in [1.165, 1.54) is 11.8 Å². The van der Waals surface area contributed by atoms with E-state index in [0.717, 1.165) is 4.90 Å². The summed E-state index contributed by atoms with van der Waals surface area (Å²) >= 11 is 1.37. The molecule has 0 amide bonds. The molecule has 3 aromatic carbocycles. The van der Waals surface area contributed by atoms with Gasteiger partial charge >= 0.3 is 0 Å². The minimum absolute atomic E-state index is 0.119. The van der Waals surface area contributed by atoms with Crippen molar-refractivity contribution in [3.63, 3.8) is 0 Å². The van der Waals surface area contributed by atoms with Crippen LogP contribution in [0.4, 0.5) is 5.69 Å². The Morgan fingerprint density at radius 2 is 1.66 bits per heavy atom. The molecule has 1 aromatic heterocycles. The maximum atomic E-state index is 13.1. The molecule has 0 radical (unpaired) electrons. The summed E-state index contributed by atoms with van der Waals surface area (Å²) < 4.78 is 28.8. The minimum atomic E-state index is -3.86. The first-order chi connectivity index (χ1) is 13.9. The highest BCUT2D eigenvalue weighted by Gasteiger charge is 2.24. The molecule has 0 unspecified atom stereocenters. The number of anilines is 1. The third kappa shape index (κ3) is 3.68. The molecule has 0 aliphatic heterocycles. The highest BCUT2D eigenvalue weighted by Crippen LogP contribution is 2.43. The fraction of sp³-hybridized carbons (Fsp3) is 0.0952. The Morgan fingerprint density at radius 1 is 1.00 bits per heavy atom. The van der Waals surface area contributed by atoms with Crippen LogP contribution >= 0.6 is 11.8 Å². The number of sulfonamides is 1. The van der Waals surface area contributed by atoms with Crippen molar-refractivity contribution < 1.29 is 13.5 Å². The van der Waals surface area contributed by atoms with E-state index in [1.807, 2.05) is 36.4 Å². The van der Waals surface area contributed by atoms with Gasteiger partial charge in [-0.05, 0) is 32.0 Å². The summed E-state index contributed by atoms with van der Waals surface area (Å²) in [5.41, 5.74) is 1.27. The quantitative estimate of drug-likeness (QED) is 0.398. The predicted molar refractivity (Wildman–Crippen MR) is 115 cm³/mol. The van der Waals surface area contributed by atoms with Crippen molar-refractivity contribution >= 4 is 38.2 Å². The van der Waals surface area contributed by atoms with Gasteiger partial charge in [-0.15, -0.1) is 0 Å². The number of aryl methyl sites for hydroxylation is 2. The van der Waals surface area contributed by atoms with E-state index in [2.05, 4.69) is 14.9 Å². The fourth-order valence-electron chi connectivity index (χ4n) is 3.24. The van der Waals surface area contributed by atoms with E-state index in [-0.39, 0.29) is 10.6 Å². The zero-order valence-electron chi connectivity index (χ0n) is 15.8. The van der Waals surface area contributed by atoms with E-state index >= 15 is 0 Å². The second-order valence-electron chi connectivity index (χ2n) is 6.60. The third-order valence-electron chi connectivity index (χ3n) is 4.53. The molecule has 0 fully saturated rings. The molecular weight excluding hydrogens is 406 g/mol. The van der Waals surface area contributed by atoms with Gasteiger partial charge in [0.15, 0.2) is 0 Å². The number of phenols is 1. The SMILES string of the molecule is Cc1n[nH]c(C)c1S(=O)(=O)Nc1cc(Sc2ccccc2)c(O)c2ccccc12. The number of aromatic amines is 1. The highest BCUT2D eigenvalue weighted by molar-refractivity contribution is 7.99. The van der Waals surface area contributed by atoms with E-state index in [9.17, 15) is 13.5 Å². The topological polar surface area (TPSA) is 95.1 Å². The summed E-state index contributed by atoms with van der Waals surface area (Å²) in [6.45, 7) is 3.31. The van der Waals surface area contributed by atoms with Crippen LogP contribution in [0.15, 0.2) is 75.4 Å². The van der Waals surface area contributed by atoms with Crippen molar-refractivity contribution in [2.24, 2.45) is 0 Å². The van der Waals surface area contributed by atoms with Crippen molar-refractivity contribution in [1.82, 2.24) is 10.2 Å². The first-order valence-corrected chi connectivity index (χ1v) is 11.2. The van der Waals surface area contributed by atoms with Crippen LogP contribution < -0.4 is 4.72 Å². The molecule has 0 bridgehead atoms. The van der Waals surface area contributed by atoms with Crippen molar-refractivity contribution in [1.29, 1.82) is 0 Å². The van der Waals surface area contributed by atoms with E-state index in [1.54, 1.807) is 38.1 Å². The summed E-state index contributed by atoms with van der Waals surface area (Å²) in [4.78, 5) is 1.63. The summed E-state index contributed by atoms with van der Waals surface area (Å²) in [5.74, 6) is 0.119. The van der Waals surface area contributed by atoms with Crippen LogP contribution in [0.1, 0.15) is 11.4 Å². The maximum absolute atomic E-state index is 13.1. The number of phenolic OH excluding ortho intramolecular Hbond substituents is 1. The Bertz CT molecular complexity index is 1280. The third-order valence-corrected chi connectivity index (χ3v) is 7.19. The number of aromatic hydroxyl groups is 1. The Kier molecular flexibility index (Phi) is 4.97. The van der Waals surface area contributed by atoms with Gasteiger partial charge in [0, 0.05) is 15.7 Å². The van der Waals surface area contributed by atoms with Crippen LogP contribution in [0.3, 0.4) is 0 Å². The van der Waals surface area contributed by atoms with E-state index in [0.29, 0.717) is 32.7 Å². The summed E-state index contributed by atoms with van der Waals surface area (Å²) in [6, 6.07) is 18.4. The van der Waals surface area contributed by atoms with Crippen molar-refractivity contribution in [3.8, 4) is 5.75 Å². The van der Waals surface area contributed by atoms with Crippen molar-refractivity contribution in [2.45, 2.75) is 28.5 Å². The number of aromatic nitrogens is 2. The molecule has 8 heteroatoms. The summed E-state index contributed by atoms with van der Waals surface area (Å²) in [5, 5.41) is 18.7. The van der Waals surface area contributed by atoms with Gasteiger partial charge in [0.25, 0.3) is 10.0 Å². The molecule has 4 aromatic rings. The molecule has 3 N–H and O–H groups in total. The fourth-order valence-corrected chi connectivity index (χ4v) is 5.62. The number of hydrogen-bond donors (Lipinski definition) is 3. The molecule has 1 heterocycles. The lowest BCUT2D eigenvalue weighted by molar-refractivity contribution is 0.469. The van der Waals surface area contributed by atoms with Crippen LogP contribution in [-0.2, 0) is 10.0 Å². The second-order valence-corrected chi connectivity index (χ2v) is 9.33. The number of rotatable bonds is 5. The van der Waals surface area contributed by atoms with Gasteiger partial charge in [0.1, 0.15) is 10.6 Å². The van der Waals surface area contributed by atoms with Gasteiger partial charge in [0.2, 0.25) is 0 Å². The molecule has 4 rings (SSSR count). The first kappa shape index (κ1) is 19.4. The van der Waals surface area contributed by atoms with Gasteiger partial charge in [-0.3, -0.25) is 9.82 Å². The number of hydrogen-bond acceptors (Lipinski definition) is 5. The zero-order chi connectivity index (χ0) is 20.6. The molecule has 29 heavy (non-hydrogen) atoms. The average Bonchev–Trinajstić information content (AvgIpc) is 3.05. The lowest BCUT2D eigenvalue weighted by atomic mass is 10.1. The molecule has 0 atom stereocenters. The molecule has 6 nitrogen and oxygen atoms in total. The molecule has 148 valence electrons. The number of benzene rings is 3. The Labute approximate surface area is 173 Å². The summed E-state index contributed by atoms with van der Waals surface area (Å²) in [7, 11) is -3.86. The van der Waals surface area contributed by atoms with Gasteiger partial charge in [-0.25, -0.2) is 8.42 Å². The maximum Gasteiger partial charge on any atom is 0.265 e. The predicted octanol–water partition coefficient (Wildman–Crippen LogP) is 4.84. The van der Waals surface area contributed by atoms with Crippen LogP contribution in [0.5, 0.6) is 5.75 Å². The molecule has 0 saturated heterocycles. The van der Waals surface area contributed by atoms with Gasteiger partial charge in [-0.1, -0.05) is 54.2 Å². The van der Waals surface area contributed by atoms with Gasteiger partial charge < -0.3 is 5.11 Å². The second kappa shape index (κ2) is 7.46. The van der Waals surface area contributed by atoms with Crippen molar-refractivity contribution in [2.75, 3.05) is 4.72 Å². The number of nitrogens with zero attached hydrogens (tertiary/aromatic N) is 1. The monoisotopic (exact) mass is 425 g/mol. The van der Waals surface area contributed by atoms with Crippen LogP contribution in [-0.4, -0.2) is 23.7 Å². The van der Waals surface area contributed by atoms with Crippen LogP contribution in [0.2, 0.25) is 0 Å². The average molecular weight is 426 g/mol. The van der Waals surface area contributed by atoms with Crippen LogP contribution in [0, 0.1) is 13.8 Å². The van der Waals surface area contributed by atoms with E-state index < -0.39 is 10.0 Å². The zero-order valence-corrected chi connectivity index (χ0v) is 17.4. The van der Waals surface area contributed by atoms with E-state index in [4.69, 9.17) is 0 Å². The van der Waals surface area contributed by atoms with Crippen molar-refractivity contribution in [3.05, 3.63) is 72.1 Å². The molecular formula is C21H19N3O3S2. The minimum Gasteiger partial charge on any atom is -0.506 e. The number of fused-ring (bicyclic) bond motifs is 1. The molecule has 0 aliphatic carbocycles. The normalized spacial score (nSPS) is 11.7. The number of nitrogens with one attached hydrogen (secondary N) is 2. The Morgan fingerprint density at radius 3 is 2.31 bits per heavy atom. The molecule has 0 spiro atoms.